The monoisotopic (exact) mass is 241 g/mol. The summed E-state index contributed by atoms with van der Waals surface area (Å²) in [6.45, 7) is 2.47. The molecule has 0 bridgehead atoms. The van der Waals surface area contributed by atoms with Gasteiger partial charge in [0.05, 0.1) is 18.3 Å². The van der Waals surface area contributed by atoms with Gasteiger partial charge in [0.25, 0.3) is 5.91 Å². The lowest BCUT2D eigenvalue weighted by Crippen LogP contribution is -2.46. The molecule has 1 amide bonds. The molecule has 17 heavy (non-hydrogen) atoms. The highest BCUT2D eigenvalue weighted by Gasteiger charge is 2.30. The molecule has 1 aromatic rings. The van der Waals surface area contributed by atoms with Crippen LogP contribution >= 0.6 is 0 Å². The van der Waals surface area contributed by atoms with Gasteiger partial charge >= 0.3 is 5.97 Å². The molecule has 0 aromatic carbocycles. The number of hydrogen-bond acceptors (Lipinski definition) is 4. The Bertz CT molecular complexity index is 450. The Morgan fingerprint density at radius 2 is 2.18 bits per heavy atom. The molecule has 1 unspecified atom stereocenters. The zero-order valence-electron chi connectivity index (χ0n) is 9.89. The largest absolute Gasteiger partial charge is 0.479 e. The summed E-state index contributed by atoms with van der Waals surface area (Å²) in [5, 5.41) is 24.3. The lowest BCUT2D eigenvalue weighted by Gasteiger charge is -2.18. The highest BCUT2D eigenvalue weighted by atomic mass is 16.4. The number of aromatic nitrogens is 2. The Hall–Kier alpha value is -1.89. The van der Waals surface area contributed by atoms with Gasteiger partial charge in [-0.05, 0) is 13.8 Å². The lowest BCUT2D eigenvalue weighted by molar-refractivity contribution is -0.155. The number of aliphatic hydroxyl groups is 1. The van der Waals surface area contributed by atoms with Crippen LogP contribution in [0.5, 0.6) is 0 Å². The van der Waals surface area contributed by atoms with E-state index < -0.39 is 17.5 Å². The standard InChI is InChI=1S/C10H15N3O4/c1-6-7(4-12-13(6)3)8(14)11-5-10(2,17)9(15)16/h4,17H,5H2,1-3H3,(H,11,14)(H,15,16). The van der Waals surface area contributed by atoms with Gasteiger partial charge in [0.15, 0.2) is 5.60 Å². The Balaban J connectivity index is 2.69. The van der Waals surface area contributed by atoms with E-state index >= 15 is 0 Å². The zero-order chi connectivity index (χ0) is 13.2. The van der Waals surface area contributed by atoms with Crippen molar-refractivity contribution >= 4 is 11.9 Å². The van der Waals surface area contributed by atoms with Crippen LogP contribution in [-0.4, -0.2) is 44.0 Å². The number of carboxylic acid groups (broad SMARTS) is 1. The number of carbonyl (C=O) groups is 2. The predicted molar refractivity (Wildman–Crippen MR) is 58.5 cm³/mol. The summed E-state index contributed by atoms with van der Waals surface area (Å²) < 4.78 is 1.53. The highest BCUT2D eigenvalue weighted by molar-refractivity contribution is 5.95. The summed E-state index contributed by atoms with van der Waals surface area (Å²) >= 11 is 0. The Morgan fingerprint density at radius 3 is 2.59 bits per heavy atom. The fourth-order valence-corrected chi connectivity index (χ4v) is 1.14. The molecular weight excluding hydrogens is 226 g/mol. The minimum absolute atomic E-state index is 0.355. The van der Waals surface area contributed by atoms with Crippen LogP contribution in [0.25, 0.3) is 0 Å². The summed E-state index contributed by atoms with van der Waals surface area (Å²) in [6.07, 6.45) is 1.39. The van der Waals surface area contributed by atoms with Gasteiger partial charge in [-0.1, -0.05) is 0 Å². The molecule has 0 aliphatic carbocycles. The highest BCUT2D eigenvalue weighted by Crippen LogP contribution is 2.06. The van der Waals surface area contributed by atoms with E-state index in [4.69, 9.17) is 5.11 Å². The first-order valence-corrected chi connectivity index (χ1v) is 4.98. The number of nitrogens with zero attached hydrogens (tertiary/aromatic N) is 2. The third kappa shape index (κ3) is 2.82. The maximum atomic E-state index is 11.7. The molecule has 0 radical (unpaired) electrons. The molecule has 1 atom stereocenters. The molecule has 0 aliphatic rings. The number of aryl methyl sites for hydroxylation is 1. The summed E-state index contributed by atoms with van der Waals surface area (Å²) in [7, 11) is 1.69. The number of hydrogen-bond donors (Lipinski definition) is 3. The molecule has 0 fully saturated rings. The summed E-state index contributed by atoms with van der Waals surface area (Å²) in [5.74, 6) is -1.85. The predicted octanol–water partition coefficient (Wildman–Crippen LogP) is -0.706. The van der Waals surface area contributed by atoms with Crippen LogP contribution in [0.1, 0.15) is 23.0 Å². The normalized spacial score (nSPS) is 14.1. The molecule has 7 nitrogen and oxygen atoms in total. The van der Waals surface area contributed by atoms with Crippen LogP contribution < -0.4 is 5.32 Å². The molecule has 7 heteroatoms. The molecule has 3 N–H and O–H groups in total. The maximum Gasteiger partial charge on any atom is 0.337 e. The fraction of sp³-hybridized carbons (Fsp3) is 0.500. The minimum Gasteiger partial charge on any atom is -0.479 e. The van der Waals surface area contributed by atoms with Gasteiger partial charge in [0.1, 0.15) is 0 Å². The average molecular weight is 241 g/mol. The van der Waals surface area contributed by atoms with Crippen molar-refractivity contribution in [1.29, 1.82) is 0 Å². The van der Waals surface area contributed by atoms with Crippen molar-refractivity contribution in [2.45, 2.75) is 19.4 Å². The average Bonchev–Trinajstić information content (AvgIpc) is 2.56. The van der Waals surface area contributed by atoms with Crippen molar-refractivity contribution in [3.63, 3.8) is 0 Å². The maximum absolute atomic E-state index is 11.7. The third-order valence-electron chi connectivity index (χ3n) is 2.53. The Labute approximate surface area is 98.1 Å². The third-order valence-corrected chi connectivity index (χ3v) is 2.53. The number of carbonyl (C=O) groups excluding carboxylic acids is 1. The van der Waals surface area contributed by atoms with Crippen LogP contribution in [-0.2, 0) is 11.8 Å². The molecule has 0 saturated heterocycles. The fourth-order valence-electron chi connectivity index (χ4n) is 1.14. The second-order valence-electron chi connectivity index (χ2n) is 4.03. The van der Waals surface area contributed by atoms with Crippen LogP contribution in [0.15, 0.2) is 6.20 Å². The number of nitrogens with one attached hydrogen (secondary N) is 1. The Morgan fingerprint density at radius 1 is 1.59 bits per heavy atom. The van der Waals surface area contributed by atoms with Crippen molar-refractivity contribution in [3.05, 3.63) is 17.5 Å². The van der Waals surface area contributed by atoms with E-state index in [1.54, 1.807) is 14.0 Å². The van der Waals surface area contributed by atoms with Crippen LogP contribution in [0, 0.1) is 6.92 Å². The minimum atomic E-state index is -1.98. The molecule has 0 spiro atoms. The summed E-state index contributed by atoms with van der Waals surface area (Å²) in [6, 6.07) is 0. The molecule has 1 rings (SSSR count). The van der Waals surface area contributed by atoms with Crippen LogP contribution in [0.4, 0.5) is 0 Å². The second kappa shape index (κ2) is 4.54. The van der Waals surface area contributed by atoms with Gasteiger partial charge in [-0.3, -0.25) is 9.48 Å². The van der Waals surface area contributed by atoms with E-state index in [1.165, 1.54) is 10.9 Å². The van der Waals surface area contributed by atoms with E-state index in [-0.39, 0.29) is 6.54 Å². The van der Waals surface area contributed by atoms with Crippen LogP contribution in [0.3, 0.4) is 0 Å². The van der Waals surface area contributed by atoms with Crippen LogP contribution in [0.2, 0.25) is 0 Å². The van der Waals surface area contributed by atoms with Crippen molar-refractivity contribution < 1.29 is 19.8 Å². The van der Waals surface area contributed by atoms with Crippen molar-refractivity contribution in [1.82, 2.24) is 15.1 Å². The zero-order valence-corrected chi connectivity index (χ0v) is 9.89. The van der Waals surface area contributed by atoms with Crippen molar-refractivity contribution in [2.24, 2.45) is 7.05 Å². The number of aliphatic carboxylic acids is 1. The smallest absolute Gasteiger partial charge is 0.337 e. The molecule has 0 saturated carbocycles. The van der Waals surface area contributed by atoms with E-state index in [2.05, 4.69) is 10.4 Å². The first-order chi connectivity index (χ1) is 7.75. The molecular formula is C10H15N3O4. The van der Waals surface area contributed by atoms with Gasteiger partial charge in [0.2, 0.25) is 0 Å². The van der Waals surface area contributed by atoms with Gasteiger partial charge in [0, 0.05) is 12.7 Å². The SMILES string of the molecule is Cc1c(C(=O)NCC(C)(O)C(=O)O)cnn1C. The van der Waals surface area contributed by atoms with Gasteiger partial charge < -0.3 is 15.5 Å². The number of carboxylic acids is 1. The van der Waals surface area contributed by atoms with Gasteiger partial charge in [-0.2, -0.15) is 5.10 Å². The second-order valence-corrected chi connectivity index (χ2v) is 4.03. The van der Waals surface area contributed by atoms with Crippen molar-refractivity contribution in [2.75, 3.05) is 6.54 Å². The first-order valence-electron chi connectivity index (χ1n) is 4.98. The molecule has 94 valence electrons. The summed E-state index contributed by atoms with van der Waals surface area (Å²) in [5.41, 5.74) is -0.961. The van der Waals surface area contributed by atoms with Gasteiger partial charge in [-0.25, -0.2) is 4.79 Å². The number of amides is 1. The Kier molecular flexibility index (Phi) is 3.52. The van der Waals surface area contributed by atoms with Crippen molar-refractivity contribution in [3.8, 4) is 0 Å². The number of rotatable bonds is 4. The molecule has 1 aromatic heterocycles. The van der Waals surface area contributed by atoms with E-state index in [1.807, 2.05) is 0 Å². The quantitative estimate of drug-likeness (QED) is 0.646. The lowest BCUT2D eigenvalue weighted by atomic mass is 10.1. The van der Waals surface area contributed by atoms with E-state index in [9.17, 15) is 14.7 Å². The molecule has 1 heterocycles. The van der Waals surface area contributed by atoms with E-state index in [0.29, 0.717) is 11.3 Å². The first kappa shape index (κ1) is 13.2. The topological polar surface area (TPSA) is 104 Å². The summed E-state index contributed by atoms with van der Waals surface area (Å²) in [4.78, 5) is 22.3. The molecule has 0 aliphatic heterocycles. The van der Waals surface area contributed by atoms with E-state index in [0.717, 1.165) is 6.92 Å². The van der Waals surface area contributed by atoms with Gasteiger partial charge in [-0.15, -0.1) is 0 Å².